The minimum Gasteiger partial charge on any atom is -0.452 e. The maximum Gasteiger partial charge on any atom is 0.488 e. The first-order chi connectivity index (χ1) is 49.3. The third-order valence-corrected chi connectivity index (χ3v) is 21.4. The number of halogens is 1. The average Bonchev–Trinajstić information content (AvgIpc) is 1.64. The zero-order valence-corrected chi connectivity index (χ0v) is 55.7. The van der Waals surface area contributed by atoms with Crippen LogP contribution in [-0.2, 0) is 0 Å². The van der Waals surface area contributed by atoms with E-state index in [1.54, 1.807) is 24.8 Å². The summed E-state index contributed by atoms with van der Waals surface area (Å²) in [6, 6.07) is 105. The van der Waals surface area contributed by atoms with Crippen LogP contribution in [0.2, 0.25) is 5.02 Å². The number of aromatic nitrogens is 4. The molecule has 0 spiro atoms. The van der Waals surface area contributed by atoms with Crippen LogP contribution in [0.3, 0.4) is 0 Å². The van der Waals surface area contributed by atoms with Crippen LogP contribution < -0.4 is 5.46 Å². The molecule has 6 heterocycles. The molecule has 20 aromatic rings. The SMILES string of the molecule is Clc1ccc2oc3c(-c4cccc(-c5cccc(-c6cccc7c6sc6ccccc67)c5)c4)ncnc3c2c1.OB(O)c1ccc2ccccc2c1.c1cc(-c2cccc(-c3cccc4c3sc3ccccc34)c2)cc(-c2ncnc3c2oc2ccc(-c4ccc5ccccc5c4)cc23)c1. The van der Waals surface area contributed by atoms with Gasteiger partial charge in [0.1, 0.15) is 46.2 Å². The molecule has 0 saturated heterocycles. The molecule has 0 fully saturated rings. The molecule has 0 amide bonds. The summed E-state index contributed by atoms with van der Waals surface area (Å²) in [4.78, 5) is 18.6. The quantitative estimate of drug-likeness (QED) is 0.144. The first-order valence-electron chi connectivity index (χ1n) is 32.8. The molecule has 0 aliphatic carbocycles. The van der Waals surface area contributed by atoms with Gasteiger partial charge in [0, 0.05) is 67.3 Å². The molecule has 0 bridgehead atoms. The molecular weight excluding hydrogens is 1290 g/mol. The summed E-state index contributed by atoms with van der Waals surface area (Å²) >= 11 is 9.96. The number of hydrogen-bond acceptors (Lipinski definition) is 10. The smallest absolute Gasteiger partial charge is 0.452 e. The number of furan rings is 2. The molecule has 0 aliphatic heterocycles. The van der Waals surface area contributed by atoms with E-state index in [9.17, 15) is 0 Å². The molecule has 8 nitrogen and oxygen atoms in total. The summed E-state index contributed by atoms with van der Waals surface area (Å²) in [5.74, 6) is 0. The largest absolute Gasteiger partial charge is 0.488 e. The van der Waals surface area contributed by atoms with Crippen molar-refractivity contribution < 1.29 is 18.9 Å². The lowest BCUT2D eigenvalue weighted by Crippen LogP contribution is -2.29. The molecule has 0 atom stereocenters. The summed E-state index contributed by atoms with van der Waals surface area (Å²) in [7, 11) is -1.38. The van der Waals surface area contributed by atoms with E-state index in [1.165, 1.54) is 73.4 Å². The van der Waals surface area contributed by atoms with E-state index in [-0.39, 0.29) is 0 Å². The lowest BCUT2D eigenvalue weighted by atomic mass is 9.79. The van der Waals surface area contributed by atoms with Crippen LogP contribution in [0.25, 0.3) is 184 Å². The fourth-order valence-electron chi connectivity index (χ4n) is 13.8. The standard InChI is InChI=1S/C44H26N2OS.C34H19ClN2OS.C10H9BO2/c1-2-9-28-22-31(19-18-27(28)8-1)32-20-21-39-38(25-32)42-43(47-39)41(45-26-46-42)34-13-6-11-30(24-34)29-10-5-12-33(23-29)35-15-7-16-37-36-14-3-4-17-40(36)48-44(35)37;35-24-14-15-29-28(18-24)32-33(38-29)31(36-19-37-32)23-9-4-7-21(17-23)20-6-3-8-22(16-20)25-11-5-12-27-26-10-1-2-13-30(26)39-34(25)27;12-11(13)10-6-5-8-3-1-2-4-9(8)7-10/h1-26H;1-19H;1-7,12-13H. The first-order valence-corrected chi connectivity index (χ1v) is 34.9. The van der Waals surface area contributed by atoms with Gasteiger partial charge in [0.05, 0.1) is 0 Å². The molecule has 100 heavy (non-hydrogen) atoms. The predicted molar refractivity (Wildman–Crippen MR) is 419 cm³/mol. The van der Waals surface area contributed by atoms with Gasteiger partial charge in [0.25, 0.3) is 0 Å². The van der Waals surface area contributed by atoms with Gasteiger partial charge in [-0.1, -0.05) is 242 Å². The van der Waals surface area contributed by atoms with Gasteiger partial charge in [0.15, 0.2) is 11.2 Å². The molecule has 0 aliphatic rings. The predicted octanol–water partition coefficient (Wildman–Crippen LogP) is 23.5. The van der Waals surface area contributed by atoms with Gasteiger partial charge < -0.3 is 18.9 Å². The lowest BCUT2D eigenvalue weighted by Gasteiger charge is -2.09. The van der Waals surface area contributed by atoms with E-state index in [0.29, 0.717) is 21.7 Å². The Balaban J connectivity index is 0.000000124. The van der Waals surface area contributed by atoms with Crippen LogP contribution in [0.4, 0.5) is 0 Å². The highest BCUT2D eigenvalue weighted by Gasteiger charge is 2.20. The van der Waals surface area contributed by atoms with Gasteiger partial charge in [-0.25, -0.2) is 19.9 Å². The summed E-state index contributed by atoms with van der Waals surface area (Å²) in [6.07, 6.45) is 3.24. The third-order valence-electron chi connectivity index (χ3n) is 18.7. The van der Waals surface area contributed by atoms with Gasteiger partial charge in [-0.05, 0) is 155 Å². The summed E-state index contributed by atoms with van der Waals surface area (Å²) in [6.45, 7) is 0. The van der Waals surface area contributed by atoms with Gasteiger partial charge in [0.2, 0.25) is 0 Å². The fourth-order valence-corrected chi connectivity index (χ4v) is 16.5. The first kappa shape index (κ1) is 60.5. The molecule has 14 aromatic carbocycles. The van der Waals surface area contributed by atoms with E-state index < -0.39 is 7.12 Å². The van der Waals surface area contributed by atoms with E-state index in [2.05, 4.69) is 247 Å². The van der Waals surface area contributed by atoms with E-state index in [4.69, 9.17) is 40.5 Å². The highest BCUT2D eigenvalue weighted by Crippen LogP contribution is 2.44. The van der Waals surface area contributed by atoms with Gasteiger partial charge in [-0.15, -0.1) is 22.7 Å². The van der Waals surface area contributed by atoms with Crippen molar-refractivity contribution in [3.63, 3.8) is 0 Å². The minimum absolute atomic E-state index is 0.527. The second-order valence-corrected chi connectivity index (χ2v) is 27.3. The summed E-state index contributed by atoms with van der Waals surface area (Å²) < 4.78 is 17.9. The second kappa shape index (κ2) is 25.5. The molecular formula is C88H54BClN4O4S2. The summed E-state index contributed by atoms with van der Waals surface area (Å²) in [5.41, 5.74) is 20.3. The Morgan fingerprint density at radius 2 is 0.700 bits per heavy atom. The zero-order valence-electron chi connectivity index (χ0n) is 53.3. The van der Waals surface area contributed by atoms with Crippen molar-refractivity contribution >= 4 is 153 Å². The normalized spacial score (nSPS) is 11.6. The van der Waals surface area contributed by atoms with Gasteiger partial charge in [-0.3, -0.25) is 0 Å². The monoisotopic (exact) mass is 1340 g/mol. The van der Waals surface area contributed by atoms with Crippen LogP contribution in [-0.4, -0.2) is 37.1 Å². The van der Waals surface area contributed by atoms with E-state index >= 15 is 0 Å². The van der Waals surface area contributed by atoms with Crippen molar-refractivity contribution in [1.82, 2.24) is 19.9 Å². The maximum absolute atomic E-state index is 8.94. The Morgan fingerprint density at radius 3 is 1.24 bits per heavy atom. The average molecular weight is 1340 g/mol. The van der Waals surface area contributed by atoms with Crippen LogP contribution >= 0.6 is 34.3 Å². The number of nitrogens with zero attached hydrogens (tertiary/aromatic N) is 4. The van der Waals surface area contributed by atoms with E-state index in [1.807, 2.05) is 77.3 Å². The molecule has 6 aromatic heterocycles. The topological polar surface area (TPSA) is 118 Å². The summed E-state index contributed by atoms with van der Waals surface area (Å²) in [5, 5.41) is 30.2. The number of hydrogen-bond donors (Lipinski definition) is 2. The number of thiophene rings is 2. The van der Waals surface area contributed by atoms with Crippen molar-refractivity contribution in [1.29, 1.82) is 0 Å². The van der Waals surface area contributed by atoms with Crippen molar-refractivity contribution in [2.45, 2.75) is 0 Å². The van der Waals surface area contributed by atoms with Crippen molar-refractivity contribution in [2.75, 3.05) is 0 Å². The van der Waals surface area contributed by atoms with Crippen LogP contribution in [0.15, 0.2) is 325 Å². The lowest BCUT2D eigenvalue weighted by molar-refractivity contribution is 0.426. The van der Waals surface area contributed by atoms with Crippen LogP contribution in [0, 0.1) is 0 Å². The van der Waals surface area contributed by atoms with Crippen LogP contribution in [0.5, 0.6) is 0 Å². The highest BCUT2D eigenvalue weighted by atomic mass is 35.5. The van der Waals surface area contributed by atoms with Crippen molar-refractivity contribution in [3.8, 4) is 78.1 Å². The Labute approximate surface area is 586 Å². The Hall–Kier alpha value is -11.9. The third kappa shape index (κ3) is 11.2. The van der Waals surface area contributed by atoms with Gasteiger partial charge in [-0.2, -0.15) is 0 Å². The van der Waals surface area contributed by atoms with Crippen LogP contribution in [0.1, 0.15) is 0 Å². The van der Waals surface area contributed by atoms with E-state index in [0.717, 1.165) is 99.6 Å². The zero-order chi connectivity index (χ0) is 66.8. The second-order valence-electron chi connectivity index (χ2n) is 24.8. The fraction of sp³-hybridized carbons (Fsp3) is 0. The Kier molecular flexibility index (Phi) is 15.4. The highest BCUT2D eigenvalue weighted by molar-refractivity contribution is 7.26. The molecule has 2 N–H and O–H groups in total. The van der Waals surface area contributed by atoms with Crippen molar-refractivity contribution in [2.24, 2.45) is 0 Å². The molecule has 12 heteroatoms. The Morgan fingerprint density at radius 1 is 0.300 bits per heavy atom. The molecule has 472 valence electrons. The molecule has 20 rings (SSSR count). The van der Waals surface area contributed by atoms with Crippen molar-refractivity contribution in [3.05, 3.63) is 321 Å². The Bertz CT molecular complexity index is 6600. The molecule has 0 unspecified atom stereocenters. The number of fused-ring (bicyclic) bond motifs is 14. The minimum atomic E-state index is -1.38. The number of rotatable bonds is 8. The molecule has 0 radical (unpaired) electrons. The maximum atomic E-state index is 8.94. The number of benzene rings is 14. The molecule has 0 saturated carbocycles. The van der Waals surface area contributed by atoms with Gasteiger partial charge >= 0.3 is 7.12 Å².